The van der Waals surface area contributed by atoms with E-state index in [1.165, 1.54) is 0 Å². The van der Waals surface area contributed by atoms with Gasteiger partial charge >= 0.3 is 0 Å². The summed E-state index contributed by atoms with van der Waals surface area (Å²) < 4.78 is 5.64. The quantitative estimate of drug-likeness (QED) is 0.592. The second-order valence-corrected chi connectivity index (χ2v) is 5.11. The number of aromatic amines is 1. The molecule has 2 heterocycles. The van der Waals surface area contributed by atoms with Gasteiger partial charge in [0, 0.05) is 4.90 Å². The van der Waals surface area contributed by atoms with E-state index in [0.29, 0.717) is 11.6 Å². The minimum atomic E-state index is 0.216. The Kier molecular flexibility index (Phi) is 3.75. The Balaban J connectivity index is 2.09. The van der Waals surface area contributed by atoms with Gasteiger partial charge in [0.15, 0.2) is 0 Å². The summed E-state index contributed by atoms with van der Waals surface area (Å²) in [6.45, 7) is 0.216. The molecule has 0 fully saturated rings. The number of hydrogen-bond acceptors (Lipinski definition) is 5. The van der Waals surface area contributed by atoms with Crippen LogP contribution < -0.4 is 4.74 Å². The molecule has 104 valence electrons. The van der Waals surface area contributed by atoms with E-state index in [2.05, 4.69) is 26.1 Å². The van der Waals surface area contributed by atoms with Gasteiger partial charge in [-0.15, -0.1) is 18.2 Å². The third kappa shape index (κ3) is 2.69. The molecule has 2 aromatic heterocycles. The molecule has 3 rings (SSSR count). The van der Waals surface area contributed by atoms with E-state index in [9.17, 15) is 0 Å². The minimum Gasteiger partial charge on any atom is -0.480 e. The van der Waals surface area contributed by atoms with Crippen LogP contribution in [0.2, 0.25) is 0 Å². The topological polar surface area (TPSA) is 63.7 Å². The number of benzene rings is 1. The monoisotopic (exact) mass is 296 g/mol. The first-order valence-electron chi connectivity index (χ1n) is 6.23. The number of thioether (sulfide) groups is 1. The lowest BCUT2D eigenvalue weighted by molar-refractivity contribution is 0.371. The molecule has 0 bridgehead atoms. The largest absolute Gasteiger partial charge is 0.480 e. The first-order chi connectivity index (χ1) is 10.3. The van der Waals surface area contributed by atoms with Gasteiger partial charge in [-0.2, -0.15) is 10.2 Å². The predicted molar refractivity (Wildman–Crippen MR) is 83.2 cm³/mol. The first kappa shape index (κ1) is 13.5. The fraction of sp³-hybridized carbons (Fsp3) is 0.133. The first-order valence-corrected chi connectivity index (χ1v) is 7.45. The smallest absolute Gasteiger partial charge is 0.148 e. The summed E-state index contributed by atoms with van der Waals surface area (Å²) in [6.07, 6.45) is 10.6. The van der Waals surface area contributed by atoms with Crippen LogP contribution in [0.1, 0.15) is 0 Å². The fourth-order valence-corrected chi connectivity index (χ4v) is 2.40. The molecule has 1 aromatic carbocycles. The van der Waals surface area contributed by atoms with E-state index < -0.39 is 0 Å². The molecule has 1 N–H and O–H groups in total. The van der Waals surface area contributed by atoms with Crippen LogP contribution in [0.3, 0.4) is 0 Å². The van der Waals surface area contributed by atoms with Crippen LogP contribution in [0.25, 0.3) is 22.4 Å². The molecule has 0 spiro atoms. The zero-order chi connectivity index (χ0) is 14.7. The van der Waals surface area contributed by atoms with Crippen molar-refractivity contribution in [3.8, 4) is 29.5 Å². The summed E-state index contributed by atoms with van der Waals surface area (Å²) in [5.41, 5.74) is 2.45. The van der Waals surface area contributed by atoms with E-state index >= 15 is 0 Å². The molecule has 0 amide bonds. The van der Waals surface area contributed by atoms with Gasteiger partial charge < -0.3 is 9.72 Å². The molecule has 5 nitrogen and oxygen atoms in total. The molecule has 0 radical (unpaired) electrons. The molecular formula is C15H12N4OS. The minimum absolute atomic E-state index is 0.216. The summed E-state index contributed by atoms with van der Waals surface area (Å²) in [6, 6.07) is 5.95. The van der Waals surface area contributed by atoms with Crippen LogP contribution in [0.5, 0.6) is 5.75 Å². The highest BCUT2D eigenvalue weighted by atomic mass is 32.2. The highest BCUT2D eigenvalue weighted by Crippen LogP contribution is 2.32. The van der Waals surface area contributed by atoms with Crippen molar-refractivity contribution >= 4 is 22.8 Å². The van der Waals surface area contributed by atoms with Gasteiger partial charge in [0.05, 0.1) is 23.5 Å². The summed E-state index contributed by atoms with van der Waals surface area (Å²) in [4.78, 5) is 8.83. The summed E-state index contributed by atoms with van der Waals surface area (Å²) in [5, 5.41) is 7.66. The summed E-state index contributed by atoms with van der Waals surface area (Å²) in [7, 11) is 0. The molecule has 6 heteroatoms. The molecule has 21 heavy (non-hydrogen) atoms. The number of imidazole rings is 1. The predicted octanol–water partition coefficient (Wildman–Crippen LogP) is 2.75. The van der Waals surface area contributed by atoms with Crippen molar-refractivity contribution in [2.24, 2.45) is 0 Å². The van der Waals surface area contributed by atoms with Gasteiger partial charge in [-0.25, -0.2) is 4.98 Å². The van der Waals surface area contributed by atoms with Crippen LogP contribution in [0.4, 0.5) is 0 Å². The van der Waals surface area contributed by atoms with Crippen molar-refractivity contribution in [2.75, 3.05) is 12.9 Å². The molecule has 0 aliphatic heterocycles. The van der Waals surface area contributed by atoms with Gasteiger partial charge in [0.25, 0.3) is 0 Å². The third-order valence-electron chi connectivity index (χ3n) is 2.95. The van der Waals surface area contributed by atoms with Crippen molar-refractivity contribution in [3.63, 3.8) is 0 Å². The van der Waals surface area contributed by atoms with E-state index in [1.54, 1.807) is 24.2 Å². The van der Waals surface area contributed by atoms with Crippen molar-refractivity contribution < 1.29 is 4.74 Å². The van der Waals surface area contributed by atoms with Gasteiger partial charge in [0.2, 0.25) is 0 Å². The second-order valence-electron chi connectivity index (χ2n) is 4.23. The fourth-order valence-electron chi connectivity index (χ4n) is 1.97. The molecule has 0 unspecified atom stereocenters. The lowest BCUT2D eigenvalue weighted by Gasteiger charge is -2.09. The standard InChI is InChI=1S/C15H12N4OS/c1-3-6-20-14-7-10(21-2)4-5-11(14)15-18-12-8-16-17-9-13(12)19-15/h1,4-5,7-9H,6H2,2H3,(H,18,19). The van der Waals surface area contributed by atoms with E-state index in [1.807, 2.05) is 24.5 Å². The zero-order valence-corrected chi connectivity index (χ0v) is 12.1. The van der Waals surface area contributed by atoms with Crippen molar-refractivity contribution in [2.45, 2.75) is 4.90 Å². The summed E-state index contributed by atoms with van der Waals surface area (Å²) in [5.74, 6) is 3.90. The maximum Gasteiger partial charge on any atom is 0.148 e. The van der Waals surface area contributed by atoms with Crippen molar-refractivity contribution in [1.29, 1.82) is 0 Å². The van der Waals surface area contributed by atoms with E-state index in [-0.39, 0.29) is 6.61 Å². The Bertz CT molecular complexity index is 789. The number of rotatable bonds is 4. The highest BCUT2D eigenvalue weighted by molar-refractivity contribution is 7.98. The van der Waals surface area contributed by atoms with Gasteiger partial charge in [-0.1, -0.05) is 5.92 Å². The molecular weight excluding hydrogens is 284 g/mol. The number of nitrogens with one attached hydrogen (secondary N) is 1. The zero-order valence-electron chi connectivity index (χ0n) is 11.3. The Labute approximate surface area is 126 Å². The van der Waals surface area contributed by atoms with Crippen LogP contribution in [0, 0.1) is 12.3 Å². The number of nitrogens with zero attached hydrogens (tertiary/aromatic N) is 3. The average Bonchev–Trinajstić information content (AvgIpc) is 2.96. The Hall–Kier alpha value is -2.52. The molecule has 0 atom stereocenters. The van der Waals surface area contributed by atoms with Crippen molar-refractivity contribution in [3.05, 3.63) is 30.6 Å². The average molecular weight is 296 g/mol. The number of hydrogen-bond donors (Lipinski definition) is 1. The maximum absolute atomic E-state index is 5.64. The second kappa shape index (κ2) is 5.85. The lowest BCUT2D eigenvalue weighted by Crippen LogP contribution is -1.96. The normalized spacial score (nSPS) is 10.5. The number of aromatic nitrogens is 4. The molecule has 0 aliphatic rings. The van der Waals surface area contributed by atoms with Crippen molar-refractivity contribution in [1.82, 2.24) is 20.2 Å². The number of fused-ring (bicyclic) bond motifs is 1. The lowest BCUT2D eigenvalue weighted by atomic mass is 10.2. The van der Waals surface area contributed by atoms with Crippen LogP contribution in [-0.4, -0.2) is 33.0 Å². The van der Waals surface area contributed by atoms with Crippen LogP contribution >= 0.6 is 11.8 Å². The Morgan fingerprint density at radius 1 is 1.33 bits per heavy atom. The number of terminal acetylenes is 1. The molecule has 0 aliphatic carbocycles. The third-order valence-corrected chi connectivity index (χ3v) is 3.68. The van der Waals surface area contributed by atoms with Gasteiger partial charge in [-0.3, -0.25) is 0 Å². The molecule has 0 saturated heterocycles. The highest BCUT2D eigenvalue weighted by Gasteiger charge is 2.12. The van der Waals surface area contributed by atoms with E-state index in [0.717, 1.165) is 21.5 Å². The van der Waals surface area contributed by atoms with Gasteiger partial charge in [-0.05, 0) is 24.5 Å². The Morgan fingerprint density at radius 3 is 2.95 bits per heavy atom. The SMILES string of the molecule is C#CCOc1cc(SC)ccc1-c1nc2cnncc2[nH]1. The number of ether oxygens (including phenoxy) is 1. The Morgan fingerprint density at radius 2 is 2.19 bits per heavy atom. The van der Waals surface area contributed by atoms with Crippen LogP contribution in [0.15, 0.2) is 35.5 Å². The van der Waals surface area contributed by atoms with Crippen LogP contribution in [-0.2, 0) is 0 Å². The molecule has 0 saturated carbocycles. The maximum atomic E-state index is 5.64. The van der Waals surface area contributed by atoms with Gasteiger partial charge in [0.1, 0.15) is 23.7 Å². The number of H-pyrrole nitrogens is 1. The van der Waals surface area contributed by atoms with E-state index in [4.69, 9.17) is 11.2 Å². The molecule has 3 aromatic rings. The summed E-state index contributed by atoms with van der Waals surface area (Å²) >= 11 is 1.64.